The molecule has 1 N–H and O–H groups in total. The summed E-state index contributed by atoms with van der Waals surface area (Å²) in [6.07, 6.45) is 1.58. The molecule has 2 aromatic carbocycles. The fourth-order valence-electron chi connectivity index (χ4n) is 3.14. The molecule has 1 atom stereocenters. The first-order valence-electron chi connectivity index (χ1n) is 8.01. The van der Waals surface area contributed by atoms with Gasteiger partial charge in [-0.15, -0.1) is 0 Å². The molecule has 0 saturated carbocycles. The lowest BCUT2D eigenvalue weighted by Crippen LogP contribution is -2.29. The van der Waals surface area contributed by atoms with Gasteiger partial charge >= 0.3 is 5.97 Å². The highest BCUT2D eigenvalue weighted by atomic mass is 35.5. The van der Waals surface area contributed by atoms with Crippen LogP contribution in [0.25, 0.3) is 0 Å². The minimum Gasteiger partial charge on any atom is -0.478 e. The second-order valence-corrected chi connectivity index (χ2v) is 6.62. The number of hydrogen-bond donors (Lipinski definition) is 1. The molecule has 0 aliphatic carbocycles. The van der Waals surface area contributed by atoms with Crippen molar-refractivity contribution in [3.8, 4) is 0 Å². The van der Waals surface area contributed by atoms with Crippen molar-refractivity contribution < 1.29 is 19.1 Å². The summed E-state index contributed by atoms with van der Waals surface area (Å²) >= 11 is 5.75. The summed E-state index contributed by atoms with van der Waals surface area (Å²) < 4.78 is 14.0. The maximum absolute atomic E-state index is 14.0. The van der Waals surface area contributed by atoms with Crippen LogP contribution in [0.4, 0.5) is 4.39 Å². The fraction of sp³-hybridized carbons (Fsp3) is 0.263. The van der Waals surface area contributed by atoms with Crippen molar-refractivity contribution in [3.63, 3.8) is 0 Å². The third-order valence-electron chi connectivity index (χ3n) is 4.48. The van der Waals surface area contributed by atoms with Crippen LogP contribution in [0.5, 0.6) is 0 Å². The average molecular weight is 362 g/mol. The summed E-state index contributed by atoms with van der Waals surface area (Å²) in [6, 6.07) is 11.2. The van der Waals surface area contributed by atoms with Crippen molar-refractivity contribution >= 4 is 23.5 Å². The molecule has 3 rings (SSSR count). The Morgan fingerprint density at radius 1 is 1.20 bits per heavy atom. The molecule has 1 heterocycles. The van der Waals surface area contributed by atoms with Crippen molar-refractivity contribution in [1.29, 1.82) is 0 Å². The SMILES string of the molecule is O=C(O)c1ccc(C[C@@H]2CCN(C(=O)c3cccc(Cl)c3F)C2)cc1. The van der Waals surface area contributed by atoms with E-state index in [1.807, 2.05) is 0 Å². The molecule has 0 aromatic heterocycles. The zero-order valence-corrected chi connectivity index (χ0v) is 14.2. The van der Waals surface area contributed by atoms with E-state index in [2.05, 4.69) is 0 Å². The Bertz CT molecular complexity index is 807. The highest BCUT2D eigenvalue weighted by molar-refractivity contribution is 6.31. The van der Waals surface area contributed by atoms with Crippen LogP contribution in [0, 0.1) is 11.7 Å². The van der Waals surface area contributed by atoms with Crippen LogP contribution in [0.1, 0.15) is 32.7 Å². The fourth-order valence-corrected chi connectivity index (χ4v) is 3.31. The van der Waals surface area contributed by atoms with Crippen LogP contribution in [-0.2, 0) is 6.42 Å². The van der Waals surface area contributed by atoms with Crippen molar-refractivity contribution in [2.75, 3.05) is 13.1 Å². The third kappa shape index (κ3) is 3.82. The maximum Gasteiger partial charge on any atom is 0.335 e. The predicted molar refractivity (Wildman–Crippen MR) is 92.5 cm³/mol. The van der Waals surface area contributed by atoms with Crippen LogP contribution < -0.4 is 0 Å². The molecule has 0 bridgehead atoms. The number of carboxylic acid groups (broad SMARTS) is 1. The Balaban J connectivity index is 1.64. The Hall–Kier alpha value is -2.40. The predicted octanol–water partition coefficient (Wildman–Crippen LogP) is 3.88. The van der Waals surface area contributed by atoms with Gasteiger partial charge in [0.1, 0.15) is 0 Å². The summed E-state index contributed by atoms with van der Waals surface area (Å²) in [7, 11) is 0. The zero-order valence-electron chi connectivity index (χ0n) is 13.4. The monoisotopic (exact) mass is 361 g/mol. The van der Waals surface area contributed by atoms with E-state index >= 15 is 0 Å². The molecule has 0 unspecified atom stereocenters. The van der Waals surface area contributed by atoms with Crippen LogP contribution in [0.3, 0.4) is 0 Å². The topological polar surface area (TPSA) is 57.6 Å². The number of rotatable bonds is 4. The Labute approximate surface area is 149 Å². The minimum atomic E-state index is -0.951. The molecule has 4 nitrogen and oxygen atoms in total. The van der Waals surface area contributed by atoms with Crippen LogP contribution in [0.15, 0.2) is 42.5 Å². The molecule has 1 aliphatic heterocycles. The number of carbonyl (C=O) groups is 2. The van der Waals surface area contributed by atoms with Crippen molar-refractivity contribution in [3.05, 3.63) is 70.0 Å². The number of amides is 1. The molecule has 6 heteroatoms. The molecule has 0 radical (unpaired) electrons. The molecule has 25 heavy (non-hydrogen) atoms. The van der Waals surface area contributed by atoms with Crippen LogP contribution in [-0.4, -0.2) is 35.0 Å². The van der Waals surface area contributed by atoms with E-state index in [0.29, 0.717) is 13.1 Å². The molecule has 130 valence electrons. The molecule has 1 saturated heterocycles. The number of likely N-dealkylation sites (tertiary alicyclic amines) is 1. The quantitative estimate of drug-likeness (QED) is 0.899. The van der Waals surface area contributed by atoms with Gasteiger partial charge in [0.2, 0.25) is 0 Å². The third-order valence-corrected chi connectivity index (χ3v) is 4.77. The lowest BCUT2D eigenvalue weighted by Gasteiger charge is -2.17. The van der Waals surface area contributed by atoms with E-state index in [1.54, 1.807) is 35.2 Å². The molecule has 1 fully saturated rings. The van der Waals surface area contributed by atoms with Crippen molar-refractivity contribution in [1.82, 2.24) is 4.90 Å². The lowest BCUT2D eigenvalue weighted by molar-refractivity contribution is 0.0696. The van der Waals surface area contributed by atoms with Gasteiger partial charge in [-0.25, -0.2) is 9.18 Å². The Kier molecular flexibility index (Phi) is 5.04. The van der Waals surface area contributed by atoms with E-state index in [0.717, 1.165) is 18.4 Å². The standard InChI is InChI=1S/C19H17ClFNO3/c20-16-3-1-2-15(17(16)21)18(23)22-9-8-13(11-22)10-12-4-6-14(7-5-12)19(24)25/h1-7,13H,8-11H2,(H,24,25)/t13-/m0/s1. The number of aromatic carboxylic acids is 1. The van der Waals surface area contributed by atoms with Gasteiger partial charge in [-0.1, -0.05) is 29.8 Å². The number of carboxylic acids is 1. The van der Waals surface area contributed by atoms with Gasteiger partial charge in [-0.3, -0.25) is 4.79 Å². The Morgan fingerprint density at radius 2 is 1.92 bits per heavy atom. The highest BCUT2D eigenvalue weighted by Crippen LogP contribution is 2.25. The molecule has 1 aliphatic rings. The number of hydrogen-bond acceptors (Lipinski definition) is 2. The highest BCUT2D eigenvalue weighted by Gasteiger charge is 2.28. The summed E-state index contributed by atoms with van der Waals surface area (Å²) in [5.74, 6) is -1.71. The van der Waals surface area contributed by atoms with Gasteiger partial charge in [0.25, 0.3) is 5.91 Å². The van der Waals surface area contributed by atoms with Gasteiger partial charge in [-0.2, -0.15) is 0 Å². The van der Waals surface area contributed by atoms with E-state index in [1.165, 1.54) is 12.1 Å². The first-order chi connectivity index (χ1) is 12.0. The summed E-state index contributed by atoms with van der Waals surface area (Å²) in [5.41, 5.74) is 1.28. The molecular formula is C19H17ClFNO3. The second-order valence-electron chi connectivity index (χ2n) is 6.21. The molecule has 0 spiro atoms. The number of benzene rings is 2. The van der Waals surface area contributed by atoms with Gasteiger partial charge in [0.05, 0.1) is 16.1 Å². The van der Waals surface area contributed by atoms with Crippen molar-refractivity contribution in [2.24, 2.45) is 5.92 Å². The first kappa shape index (κ1) is 17.4. The van der Waals surface area contributed by atoms with E-state index in [9.17, 15) is 14.0 Å². The van der Waals surface area contributed by atoms with Gasteiger partial charge < -0.3 is 10.0 Å². The number of nitrogens with zero attached hydrogens (tertiary/aromatic N) is 1. The molecular weight excluding hydrogens is 345 g/mol. The van der Waals surface area contributed by atoms with E-state index < -0.39 is 11.8 Å². The van der Waals surface area contributed by atoms with Crippen molar-refractivity contribution in [2.45, 2.75) is 12.8 Å². The Morgan fingerprint density at radius 3 is 2.60 bits per heavy atom. The maximum atomic E-state index is 14.0. The van der Waals surface area contributed by atoms with E-state index in [-0.39, 0.29) is 28.0 Å². The number of carbonyl (C=O) groups excluding carboxylic acids is 1. The minimum absolute atomic E-state index is 0.000962. The van der Waals surface area contributed by atoms with Crippen LogP contribution >= 0.6 is 11.6 Å². The largest absolute Gasteiger partial charge is 0.478 e. The summed E-state index contributed by atoms with van der Waals surface area (Å²) in [4.78, 5) is 25.0. The zero-order chi connectivity index (χ0) is 18.0. The first-order valence-corrected chi connectivity index (χ1v) is 8.39. The number of halogens is 2. The second kappa shape index (κ2) is 7.23. The van der Waals surface area contributed by atoms with Gasteiger partial charge in [0.15, 0.2) is 5.82 Å². The molecule has 1 amide bonds. The normalized spacial score (nSPS) is 16.9. The summed E-state index contributed by atoms with van der Waals surface area (Å²) in [6.45, 7) is 1.12. The smallest absolute Gasteiger partial charge is 0.335 e. The van der Waals surface area contributed by atoms with Crippen LogP contribution in [0.2, 0.25) is 5.02 Å². The molecule has 2 aromatic rings. The average Bonchev–Trinajstić information content (AvgIpc) is 3.06. The van der Waals surface area contributed by atoms with Gasteiger partial charge in [-0.05, 0) is 48.6 Å². The lowest BCUT2D eigenvalue weighted by atomic mass is 9.98. The van der Waals surface area contributed by atoms with Gasteiger partial charge in [0, 0.05) is 13.1 Å². The van der Waals surface area contributed by atoms with E-state index in [4.69, 9.17) is 16.7 Å². The summed E-state index contributed by atoms with van der Waals surface area (Å²) in [5, 5.41) is 8.87.